The van der Waals surface area contributed by atoms with Gasteiger partial charge in [-0.05, 0) is 22.3 Å². The molecule has 3 aromatic rings. The number of benzene rings is 2. The number of carbonyl (C=O) groups excluding carboxylic acids is 2. The largest absolute Gasteiger partial charge is 0.454 e. The molecule has 34 heavy (non-hydrogen) atoms. The molecule has 3 atom stereocenters. The monoisotopic (exact) mass is 459 g/mol. The van der Waals surface area contributed by atoms with Crippen molar-refractivity contribution in [1.29, 1.82) is 0 Å². The number of nitrogens with one attached hydrogen (secondary N) is 1. The second-order valence-electron chi connectivity index (χ2n) is 9.22. The number of ether oxygens (including phenoxy) is 1. The molecule has 1 saturated heterocycles. The van der Waals surface area contributed by atoms with Gasteiger partial charge in [0.25, 0.3) is 12.4 Å². The third-order valence-corrected chi connectivity index (χ3v) is 7.23. The highest BCUT2D eigenvalue weighted by atomic mass is 16.5. The van der Waals surface area contributed by atoms with Gasteiger partial charge in [-0.2, -0.15) is 0 Å². The van der Waals surface area contributed by atoms with E-state index < -0.39 is 11.7 Å². The van der Waals surface area contributed by atoms with E-state index in [1.54, 1.807) is 6.20 Å². The summed E-state index contributed by atoms with van der Waals surface area (Å²) in [4.78, 5) is 32.8. The molecule has 2 aliphatic rings. The van der Waals surface area contributed by atoms with E-state index in [1.165, 1.54) is 12.4 Å². The molecule has 8 nitrogen and oxygen atoms in total. The Morgan fingerprint density at radius 1 is 1.21 bits per heavy atom. The minimum absolute atomic E-state index is 0.152. The molecular weight excluding hydrogens is 432 g/mol. The molecule has 1 amide bonds. The first-order chi connectivity index (χ1) is 16.5. The van der Waals surface area contributed by atoms with Gasteiger partial charge in [-0.15, -0.1) is 0 Å². The van der Waals surface area contributed by atoms with E-state index in [1.807, 2.05) is 55.6 Å². The molecule has 1 aromatic heterocycles. The van der Waals surface area contributed by atoms with Crippen LogP contribution >= 0.6 is 0 Å². The quantitative estimate of drug-likeness (QED) is 0.416. The Morgan fingerprint density at radius 3 is 2.50 bits per heavy atom. The van der Waals surface area contributed by atoms with Gasteiger partial charge >= 0.3 is 0 Å². The molecule has 3 unspecified atom stereocenters. The third kappa shape index (κ3) is 3.55. The molecule has 0 saturated carbocycles. The normalized spacial score (nSPS) is 22.9. The van der Waals surface area contributed by atoms with Crippen LogP contribution in [0.2, 0.25) is 0 Å². The van der Waals surface area contributed by atoms with Gasteiger partial charge in [0.05, 0.1) is 19.8 Å². The number of aromatic nitrogens is 2. The van der Waals surface area contributed by atoms with Crippen molar-refractivity contribution in [1.82, 2.24) is 9.97 Å². The fourth-order valence-corrected chi connectivity index (χ4v) is 5.77. The maximum Gasteiger partial charge on any atom is 0.293 e. The van der Waals surface area contributed by atoms with Gasteiger partial charge in [0, 0.05) is 25.2 Å². The molecule has 0 bridgehead atoms. The van der Waals surface area contributed by atoms with Crippen LogP contribution in [0, 0.1) is 0 Å². The van der Waals surface area contributed by atoms with Crippen molar-refractivity contribution >= 4 is 18.2 Å². The van der Waals surface area contributed by atoms with E-state index in [0.29, 0.717) is 34.3 Å². The Morgan fingerprint density at radius 2 is 1.88 bits per heavy atom. The molecule has 0 spiro atoms. The summed E-state index contributed by atoms with van der Waals surface area (Å²) in [6, 6.07) is 15.1. The molecule has 2 N–H and O–H groups in total. The molecule has 2 aromatic carbocycles. The Balaban J connectivity index is 1.51. The first kappa shape index (κ1) is 22.2. The summed E-state index contributed by atoms with van der Waals surface area (Å²) in [5.41, 5.74) is 1.75. The lowest BCUT2D eigenvalue weighted by Gasteiger charge is -2.43. The van der Waals surface area contributed by atoms with Crippen molar-refractivity contribution in [2.75, 3.05) is 25.5 Å². The van der Waals surface area contributed by atoms with Gasteiger partial charge in [0.2, 0.25) is 0 Å². The van der Waals surface area contributed by atoms with Crippen LogP contribution in [0.25, 0.3) is 11.1 Å². The number of aliphatic hydroxyl groups is 1. The second-order valence-corrected chi connectivity index (χ2v) is 9.22. The number of quaternary nitrogens is 1. The third-order valence-electron chi connectivity index (χ3n) is 7.23. The first-order valence-corrected chi connectivity index (χ1v) is 11.4. The van der Waals surface area contributed by atoms with Crippen molar-refractivity contribution in [3.05, 3.63) is 78.2 Å². The number of likely N-dealkylation sites (tertiary alicyclic amines) is 1. The molecule has 174 valence electrons. The lowest BCUT2D eigenvalue weighted by Crippen LogP contribution is -2.61. The van der Waals surface area contributed by atoms with Gasteiger partial charge in [0.1, 0.15) is 6.04 Å². The second kappa shape index (κ2) is 8.62. The van der Waals surface area contributed by atoms with Crippen LogP contribution in [-0.2, 0) is 19.9 Å². The minimum atomic E-state index is -1.52. The molecule has 1 fully saturated rings. The van der Waals surface area contributed by atoms with Crippen LogP contribution in [0.3, 0.4) is 0 Å². The number of hydrogen-bond donors (Lipinski definition) is 2. The van der Waals surface area contributed by atoms with Gasteiger partial charge in [-0.3, -0.25) is 14.6 Å². The lowest BCUT2D eigenvalue weighted by atomic mass is 9.81. The van der Waals surface area contributed by atoms with Crippen LogP contribution < -0.4 is 5.32 Å². The number of carbonyl (C=O) groups is 2. The number of rotatable bonds is 7. The fourth-order valence-electron chi connectivity index (χ4n) is 5.77. The fraction of sp³-hybridized carbons (Fsp3) is 0.308. The zero-order valence-electron chi connectivity index (χ0n) is 18.9. The summed E-state index contributed by atoms with van der Waals surface area (Å²) in [5.74, 6) is 0.173. The van der Waals surface area contributed by atoms with Crippen LogP contribution in [0.4, 0.5) is 5.82 Å². The van der Waals surface area contributed by atoms with E-state index in [-0.39, 0.29) is 18.5 Å². The molecule has 2 heterocycles. The summed E-state index contributed by atoms with van der Waals surface area (Å²) in [5, 5.41) is 15.1. The maximum absolute atomic E-state index is 12.9. The Bertz CT molecular complexity index is 1170. The van der Waals surface area contributed by atoms with Crippen LogP contribution in [0.1, 0.15) is 24.0 Å². The molecule has 1 aliphatic heterocycles. The standard InChI is InChI=1S/C26H26N4O4/c1-30(16-24(32)29-23-15-27-12-13-28-23)14-6-11-22(30)25(34-17-31)26(33)20-9-4-2-7-18(20)19-8-3-5-10-21(19)26/h2-5,7-10,12-13,15,17,22,25,33H,6,11,14,16H2,1H3/p+1. The van der Waals surface area contributed by atoms with Crippen molar-refractivity contribution < 1.29 is 23.9 Å². The molecular formula is C26H27N4O4+. The topological polar surface area (TPSA) is 101 Å². The smallest absolute Gasteiger partial charge is 0.293 e. The SMILES string of the molecule is C[N+]1(CC(=O)Nc2cnccn2)CCCC1C(OC=O)C1(O)c2ccccc2-c2ccccc21. The van der Waals surface area contributed by atoms with E-state index in [4.69, 9.17) is 4.74 Å². The van der Waals surface area contributed by atoms with Crippen LogP contribution in [0.5, 0.6) is 0 Å². The van der Waals surface area contributed by atoms with E-state index >= 15 is 0 Å². The molecule has 8 heteroatoms. The highest BCUT2D eigenvalue weighted by Gasteiger charge is 2.58. The average Bonchev–Trinajstić information content (AvgIpc) is 3.34. The van der Waals surface area contributed by atoms with Gasteiger partial charge < -0.3 is 19.6 Å². The molecule has 5 rings (SSSR count). The predicted molar refractivity (Wildman–Crippen MR) is 125 cm³/mol. The van der Waals surface area contributed by atoms with Crippen molar-refractivity contribution in [2.24, 2.45) is 0 Å². The number of nitrogens with zero attached hydrogens (tertiary/aromatic N) is 3. The van der Waals surface area contributed by atoms with Crippen molar-refractivity contribution in [3.8, 4) is 11.1 Å². The average molecular weight is 460 g/mol. The zero-order chi connectivity index (χ0) is 23.8. The van der Waals surface area contributed by atoms with Crippen molar-refractivity contribution in [3.63, 3.8) is 0 Å². The van der Waals surface area contributed by atoms with Gasteiger partial charge in [-0.1, -0.05) is 48.5 Å². The number of fused-ring (bicyclic) bond motifs is 3. The van der Waals surface area contributed by atoms with Crippen molar-refractivity contribution in [2.45, 2.75) is 30.6 Å². The summed E-state index contributed by atoms with van der Waals surface area (Å²) in [6.07, 6.45) is 5.24. The number of anilines is 1. The highest BCUT2D eigenvalue weighted by Crippen LogP contribution is 2.52. The predicted octanol–water partition coefficient (Wildman–Crippen LogP) is 2.48. The van der Waals surface area contributed by atoms with Gasteiger partial charge in [0.15, 0.2) is 24.1 Å². The lowest BCUT2D eigenvalue weighted by molar-refractivity contribution is -0.917. The van der Waals surface area contributed by atoms with E-state index in [0.717, 1.165) is 24.1 Å². The van der Waals surface area contributed by atoms with Gasteiger partial charge in [-0.25, -0.2) is 4.98 Å². The van der Waals surface area contributed by atoms with E-state index in [2.05, 4.69) is 15.3 Å². The summed E-state index contributed by atoms with van der Waals surface area (Å²) < 4.78 is 6.05. The number of amides is 1. The maximum atomic E-state index is 12.9. The summed E-state index contributed by atoms with van der Waals surface area (Å²) in [7, 11) is 1.98. The molecule has 0 radical (unpaired) electrons. The zero-order valence-corrected chi connectivity index (χ0v) is 18.9. The number of likely N-dealkylation sites (N-methyl/N-ethyl adjacent to an activating group) is 1. The molecule has 1 aliphatic carbocycles. The minimum Gasteiger partial charge on any atom is -0.454 e. The Kier molecular flexibility index (Phi) is 5.63. The van der Waals surface area contributed by atoms with Crippen LogP contribution in [0.15, 0.2) is 67.1 Å². The van der Waals surface area contributed by atoms with E-state index in [9.17, 15) is 14.7 Å². The Labute approximate surface area is 197 Å². The summed E-state index contributed by atoms with van der Waals surface area (Å²) in [6.45, 7) is 1.28. The first-order valence-electron chi connectivity index (χ1n) is 11.4. The number of hydrogen-bond acceptors (Lipinski definition) is 6. The summed E-state index contributed by atoms with van der Waals surface area (Å²) >= 11 is 0. The Hall–Kier alpha value is -3.62. The highest BCUT2D eigenvalue weighted by molar-refractivity contribution is 5.90. The van der Waals surface area contributed by atoms with Crippen LogP contribution in [-0.4, -0.2) is 64.2 Å².